The van der Waals surface area contributed by atoms with Crippen molar-refractivity contribution in [2.75, 3.05) is 6.61 Å². The van der Waals surface area contributed by atoms with E-state index in [4.69, 9.17) is 9.47 Å². The van der Waals surface area contributed by atoms with Crippen molar-refractivity contribution in [3.63, 3.8) is 0 Å². The number of ether oxygens (including phenoxy) is 2. The summed E-state index contributed by atoms with van der Waals surface area (Å²) in [6.07, 6.45) is 17.2. The summed E-state index contributed by atoms with van der Waals surface area (Å²) >= 11 is 1.47. The molecule has 0 saturated carbocycles. The van der Waals surface area contributed by atoms with E-state index in [-0.39, 0.29) is 5.97 Å². The molecule has 0 bridgehead atoms. The molecule has 0 unspecified atom stereocenters. The first-order valence-corrected chi connectivity index (χ1v) is 15.3. The number of rotatable bonds is 19. The molecule has 1 heterocycles. The maximum atomic E-state index is 12.2. The van der Waals surface area contributed by atoms with E-state index >= 15 is 0 Å². The molecular formula is C31H43N3O3S. The van der Waals surface area contributed by atoms with Gasteiger partial charge in [0.05, 0.1) is 22.5 Å². The highest BCUT2D eigenvalue weighted by Gasteiger charge is 2.07. The second-order valence-corrected chi connectivity index (χ2v) is 10.7. The molecule has 0 saturated heterocycles. The number of azo groups is 1. The molecule has 0 N–H and O–H groups in total. The number of thiazole rings is 1. The second-order valence-electron chi connectivity index (χ2n) is 9.72. The lowest BCUT2D eigenvalue weighted by molar-refractivity contribution is -0.134. The first-order chi connectivity index (χ1) is 18.7. The highest BCUT2D eigenvalue weighted by atomic mass is 32.1. The van der Waals surface area contributed by atoms with Gasteiger partial charge in [0.25, 0.3) is 0 Å². The quantitative estimate of drug-likeness (QED) is 0.0659. The lowest BCUT2D eigenvalue weighted by Gasteiger charge is -2.05. The smallest absolute Gasteiger partial charge is 0.311 e. The molecule has 3 aromatic rings. The van der Waals surface area contributed by atoms with Crippen LogP contribution in [0.5, 0.6) is 11.5 Å². The number of nitrogens with zero attached hydrogens (tertiary/aromatic N) is 3. The Labute approximate surface area is 231 Å². The molecule has 206 valence electrons. The summed E-state index contributed by atoms with van der Waals surface area (Å²) in [5, 5.41) is 9.12. The van der Waals surface area contributed by atoms with Crippen LogP contribution in [-0.4, -0.2) is 17.6 Å². The number of esters is 1. The number of fused-ring (bicyclic) bond motifs is 1. The van der Waals surface area contributed by atoms with Crippen LogP contribution in [0.25, 0.3) is 10.2 Å². The van der Waals surface area contributed by atoms with Gasteiger partial charge in [-0.1, -0.05) is 95.3 Å². The Morgan fingerprint density at radius 1 is 0.763 bits per heavy atom. The summed E-state index contributed by atoms with van der Waals surface area (Å²) in [5.74, 6) is 1.18. The molecule has 6 nitrogen and oxygen atoms in total. The highest BCUT2D eigenvalue weighted by molar-refractivity contribution is 7.21. The van der Waals surface area contributed by atoms with E-state index in [0.717, 1.165) is 28.8 Å². The molecule has 1 aromatic heterocycles. The fourth-order valence-corrected chi connectivity index (χ4v) is 5.16. The van der Waals surface area contributed by atoms with Crippen molar-refractivity contribution in [1.29, 1.82) is 0 Å². The Hall–Kier alpha value is -2.80. The van der Waals surface area contributed by atoms with Gasteiger partial charge in [-0.2, -0.15) is 0 Å². The molecule has 0 aliphatic carbocycles. The Bertz CT molecular complexity index is 1110. The van der Waals surface area contributed by atoms with Crippen molar-refractivity contribution in [2.45, 2.75) is 104 Å². The average Bonchev–Trinajstić information content (AvgIpc) is 3.33. The molecule has 38 heavy (non-hydrogen) atoms. The SMILES string of the molecule is CCCCCCCCCCCCCCCC(=O)Oc1ccc(N=Nc2nc3ccc(OCC)cc3s2)cc1. The molecule has 7 heteroatoms. The zero-order valence-electron chi connectivity index (χ0n) is 23.1. The zero-order valence-corrected chi connectivity index (χ0v) is 23.9. The zero-order chi connectivity index (χ0) is 26.8. The van der Waals surface area contributed by atoms with Crippen LogP contribution in [-0.2, 0) is 4.79 Å². The van der Waals surface area contributed by atoms with E-state index in [0.29, 0.717) is 29.6 Å². The van der Waals surface area contributed by atoms with E-state index in [2.05, 4.69) is 22.1 Å². The van der Waals surface area contributed by atoms with Crippen molar-refractivity contribution in [2.24, 2.45) is 10.2 Å². The van der Waals surface area contributed by atoms with Crippen molar-refractivity contribution in [3.8, 4) is 11.5 Å². The van der Waals surface area contributed by atoms with Crippen molar-refractivity contribution >= 4 is 38.3 Å². The van der Waals surface area contributed by atoms with E-state index in [9.17, 15) is 4.79 Å². The summed E-state index contributed by atoms with van der Waals surface area (Å²) in [7, 11) is 0. The predicted octanol–water partition coefficient (Wildman–Crippen LogP) is 10.5. The minimum absolute atomic E-state index is 0.177. The second kappa shape index (κ2) is 17.7. The molecule has 0 fully saturated rings. The first-order valence-electron chi connectivity index (χ1n) is 14.4. The first kappa shape index (κ1) is 29.8. The van der Waals surface area contributed by atoms with Crippen LogP contribution >= 0.6 is 11.3 Å². The van der Waals surface area contributed by atoms with Gasteiger partial charge < -0.3 is 9.47 Å². The molecule has 2 aromatic carbocycles. The predicted molar refractivity (Wildman–Crippen MR) is 157 cm³/mol. The molecule has 3 rings (SSSR count). The van der Waals surface area contributed by atoms with Crippen LogP contribution in [0.4, 0.5) is 10.8 Å². The van der Waals surface area contributed by atoms with Gasteiger partial charge >= 0.3 is 5.97 Å². The van der Waals surface area contributed by atoms with Gasteiger partial charge in [0.2, 0.25) is 5.13 Å². The molecule has 0 spiro atoms. The van der Waals surface area contributed by atoms with Crippen LogP contribution in [0.3, 0.4) is 0 Å². The maximum absolute atomic E-state index is 12.2. The number of carbonyl (C=O) groups excluding carboxylic acids is 1. The molecule has 0 aliphatic heterocycles. The Morgan fingerprint density at radius 3 is 2.00 bits per heavy atom. The lowest BCUT2D eigenvalue weighted by Crippen LogP contribution is -2.07. The average molecular weight is 538 g/mol. The third-order valence-corrected chi connectivity index (χ3v) is 7.37. The Morgan fingerprint density at radius 2 is 1.37 bits per heavy atom. The summed E-state index contributed by atoms with van der Waals surface area (Å²) in [6.45, 7) is 4.85. The minimum Gasteiger partial charge on any atom is -0.494 e. The number of hydrogen-bond acceptors (Lipinski definition) is 7. The van der Waals surface area contributed by atoms with Crippen molar-refractivity contribution < 1.29 is 14.3 Å². The highest BCUT2D eigenvalue weighted by Crippen LogP contribution is 2.32. The van der Waals surface area contributed by atoms with Crippen LogP contribution in [0, 0.1) is 0 Å². The number of benzene rings is 2. The summed E-state index contributed by atoms with van der Waals surface area (Å²) < 4.78 is 12.0. The molecule has 0 amide bonds. The van der Waals surface area contributed by atoms with Gasteiger partial charge in [-0.15, -0.1) is 10.2 Å². The number of hydrogen-bond donors (Lipinski definition) is 0. The molecular weight excluding hydrogens is 494 g/mol. The van der Waals surface area contributed by atoms with Crippen LogP contribution in [0.2, 0.25) is 0 Å². The summed E-state index contributed by atoms with van der Waals surface area (Å²) in [6, 6.07) is 12.9. The van der Waals surface area contributed by atoms with E-state index < -0.39 is 0 Å². The van der Waals surface area contributed by atoms with Gasteiger partial charge in [-0.05, 0) is 55.8 Å². The van der Waals surface area contributed by atoms with Gasteiger partial charge in [0, 0.05) is 6.42 Å². The summed E-state index contributed by atoms with van der Waals surface area (Å²) in [5.41, 5.74) is 1.55. The van der Waals surface area contributed by atoms with Gasteiger partial charge in [-0.25, -0.2) is 4.98 Å². The van der Waals surface area contributed by atoms with E-state index in [1.165, 1.54) is 82.0 Å². The fraction of sp³-hybridized carbons (Fsp3) is 0.548. The monoisotopic (exact) mass is 537 g/mol. The Kier molecular flexibility index (Phi) is 13.8. The summed E-state index contributed by atoms with van der Waals surface area (Å²) in [4.78, 5) is 16.7. The molecule has 0 atom stereocenters. The van der Waals surface area contributed by atoms with E-state index in [1.807, 2.05) is 25.1 Å². The number of aromatic nitrogens is 1. The molecule has 0 radical (unpaired) electrons. The topological polar surface area (TPSA) is 73.1 Å². The van der Waals surface area contributed by atoms with Crippen LogP contribution < -0.4 is 9.47 Å². The van der Waals surface area contributed by atoms with Crippen molar-refractivity contribution in [3.05, 3.63) is 42.5 Å². The van der Waals surface area contributed by atoms with Crippen LogP contribution in [0.15, 0.2) is 52.7 Å². The van der Waals surface area contributed by atoms with Crippen LogP contribution in [0.1, 0.15) is 104 Å². The normalized spacial score (nSPS) is 11.4. The largest absolute Gasteiger partial charge is 0.494 e. The third kappa shape index (κ3) is 11.3. The lowest BCUT2D eigenvalue weighted by atomic mass is 10.0. The maximum Gasteiger partial charge on any atom is 0.311 e. The standard InChI is InChI=1S/C31H43N3O3S/c1-3-5-6-7-8-9-10-11-12-13-14-15-16-17-30(35)37-26-20-18-25(19-21-26)33-34-31-32-28-23-22-27(36-4-2)24-29(28)38-31/h18-24H,3-17H2,1-2H3. The van der Waals surface area contributed by atoms with Gasteiger partial charge in [0.1, 0.15) is 11.5 Å². The van der Waals surface area contributed by atoms with Gasteiger partial charge in [-0.3, -0.25) is 4.79 Å². The van der Waals surface area contributed by atoms with Crippen molar-refractivity contribution in [1.82, 2.24) is 4.98 Å². The Balaban J connectivity index is 1.27. The third-order valence-electron chi connectivity index (χ3n) is 6.46. The van der Waals surface area contributed by atoms with Gasteiger partial charge in [0.15, 0.2) is 0 Å². The minimum atomic E-state index is -0.177. The fourth-order valence-electron chi connectivity index (χ4n) is 4.34. The number of unbranched alkanes of at least 4 members (excludes halogenated alkanes) is 12. The molecule has 0 aliphatic rings. The van der Waals surface area contributed by atoms with E-state index in [1.54, 1.807) is 24.3 Å². The number of carbonyl (C=O) groups is 1.